The fourth-order valence-corrected chi connectivity index (χ4v) is 2.29. The van der Waals surface area contributed by atoms with Crippen molar-refractivity contribution in [3.05, 3.63) is 23.8 Å². The quantitative estimate of drug-likeness (QED) is 0.785. The molecular formula is C16H23NO4. The molecule has 0 bridgehead atoms. The third kappa shape index (κ3) is 5.02. The Hall–Kier alpha value is -1.59. The highest BCUT2D eigenvalue weighted by Gasteiger charge is 2.15. The number of amides is 1. The molecule has 5 heteroatoms. The molecule has 0 aromatic heterocycles. The molecule has 1 fully saturated rings. The number of carbonyl (C=O) groups excluding carboxylic acids is 1. The van der Waals surface area contributed by atoms with Gasteiger partial charge in [0.1, 0.15) is 5.75 Å². The second kappa shape index (κ2) is 8.00. The Labute approximate surface area is 125 Å². The first-order chi connectivity index (χ1) is 10.2. The minimum Gasteiger partial charge on any atom is -0.495 e. The zero-order valence-electron chi connectivity index (χ0n) is 12.7. The van der Waals surface area contributed by atoms with Crippen LogP contribution in [0, 0.1) is 6.92 Å². The van der Waals surface area contributed by atoms with Crippen LogP contribution < -0.4 is 10.1 Å². The molecule has 0 radical (unpaired) electrons. The molecule has 1 N–H and O–H groups in total. The Morgan fingerprint density at radius 3 is 3.05 bits per heavy atom. The van der Waals surface area contributed by atoms with E-state index in [0.29, 0.717) is 31.1 Å². The number of ether oxygens (including phenoxy) is 3. The van der Waals surface area contributed by atoms with Gasteiger partial charge in [-0.2, -0.15) is 0 Å². The second-order valence-electron chi connectivity index (χ2n) is 5.21. The summed E-state index contributed by atoms with van der Waals surface area (Å²) in [6.07, 6.45) is 2.67. The minimum atomic E-state index is -0.0776. The molecule has 0 saturated carbocycles. The molecule has 1 saturated heterocycles. The van der Waals surface area contributed by atoms with Gasteiger partial charge in [-0.1, -0.05) is 6.07 Å². The monoisotopic (exact) mass is 293 g/mol. The van der Waals surface area contributed by atoms with Gasteiger partial charge in [0.05, 0.1) is 38.5 Å². The largest absolute Gasteiger partial charge is 0.495 e. The summed E-state index contributed by atoms with van der Waals surface area (Å²) >= 11 is 0. The molecule has 1 aromatic carbocycles. The lowest BCUT2D eigenvalue weighted by Gasteiger charge is -2.12. The van der Waals surface area contributed by atoms with Gasteiger partial charge in [0.15, 0.2) is 0 Å². The lowest BCUT2D eigenvalue weighted by molar-refractivity contribution is -0.117. The third-order valence-corrected chi connectivity index (χ3v) is 3.43. The van der Waals surface area contributed by atoms with Crippen LogP contribution >= 0.6 is 0 Å². The standard InChI is InChI=1S/C16H23NO4/c1-12-5-6-15(19-2)14(10-12)17-16(18)7-9-20-11-13-4-3-8-21-13/h5-6,10,13H,3-4,7-9,11H2,1-2H3,(H,17,18)/t13-/m1/s1. The van der Waals surface area contributed by atoms with Crippen LogP contribution in [0.15, 0.2) is 18.2 Å². The lowest BCUT2D eigenvalue weighted by atomic mass is 10.2. The second-order valence-corrected chi connectivity index (χ2v) is 5.21. The zero-order chi connectivity index (χ0) is 15.1. The minimum absolute atomic E-state index is 0.0776. The molecule has 0 spiro atoms. The molecule has 116 valence electrons. The molecule has 1 amide bonds. The average Bonchev–Trinajstić information content (AvgIpc) is 2.97. The molecule has 21 heavy (non-hydrogen) atoms. The smallest absolute Gasteiger partial charge is 0.226 e. The van der Waals surface area contributed by atoms with Crippen LogP contribution in [0.2, 0.25) is 0 Å². The summed E-state index contributed by atoms with van der Waals surface area (Å²) in [5.41, 5.74) is 1.77. The molecule has 1 aliphatic heterocycles. The van der Waals surface area contributed by atoms with Crippen LogP contribution in [0.1, 0.15) is 24.8 Å². The molecule has 5 nitrogen and oxygen atoms in total. The Morgan fingerprint density at radius 1 is 1.48 bits per heavy atom. The van der Waals surface area contributed by atoms with Gasteiger partial charge >= 0.3 is 0 Å². The topological polar surface area (TPSA) is 56.8 Å². The summed E-state index contributed by atoms with van der Waals surface area (Å²) in [5.74, 6) is 0.584. The van der Waals surface area contributed by atoms with Crippen molar-refractivity contribution in [3.8, 4) is 5.75 Å². The van der Waals surface area contributed by atoms with E-state index in [4.69, 9.17) is 14.2 Å². The molecular weight excluding hydrogens is 270 g/mol. The Morgan fingerprint density at radius 2 is 2.33 bits per heavy atom. The van der Waals surface area contributed by atoms with E-state index in [2.05, 4.69) is 5.32 Å². The molecule has 0 unspecified atom stereocenters. The van der Waals surface area contributed by atoms with Crippen molar-refractivity contribution in [2.45, 2.75) is 32.3 Å². The number of nitrogens with one attached hydrogen (secondary N) is 1. The van der Waals surface area contributed by atoms with Crippen molar-refractivity contribution in [3.63, 3.8) is 0 Å². The van der Waals surface area contributed by atoms with Gasteiger partial charge in [0.2, 0.25) is 5.91 Å². The normalized spacial score (nSPS) is 17.7. The van der Waals surface area contributed by atoms with Crippen molar-refractivity contribution >= 4 is 11.6 Å². The molecule has 1 aliphatic rings. The van der Waals surface area contributed by atoms with Crippen molar-refractivity contribution in [2.24, 2.45) is 0 Å². The molecule has 2 rings (SSSR count). The number of aryl methyl sites for hydroxylation is 1. The fourth-order valence-electron chi connectivity index (χ4n) is 2.29. The molecule has 1 heterocycles. The maximum Gasteiger partial charge on any atom is 0.226 e. The fraction of sp³-hybridized carbons (Fsp3) is 0.562. The van der Waals surface area contributed by atoms with Crippen LogP contribution in [0.5, 0.6) is 5.75 Å². The highest BCUT2D eigenvalue weighted by molar-refractivity contribution is 5.92. The maximum absolute atomic E-state index is 11.9. The van der Waals surface area contributed by atoms with Gasteiger partial charge in [0, 0.05) is 6.61 Å². The molecule has 0 aliphatic carbocycles. The van der Waals surface area contributed by atoms with Crippen molar-refractivity contribution in [1.29, 1.82) is 0 Å². The predicted molar refractivity (Wildman–Crippen MR) is 80.8 cm³/mol. The van der Waals surface area contributed by atoms with E-state index in [1.165, 1.54) is 0 Å². The number of carbonyl (C=O) groups is 1. The number of rotatable bonds is 7. The van der Waals surface area contributed by atoms with Gasteiger partial charge in [-0.25, -0.2) is 0 Å². The van der Waals surface area contributed by atoms with Crippen LogP contribution in [-0.2, 0) is 14.3 Å². The van der Waals surface area contributed by atoms with Gasteiger partial charge in [-0.3, -0.25) is 4.79 Å². The first-order valence-corrected chi connectivity index (χ1v) is 7.33. The first kappa shape index (κ1) is 15.8. The van der Waals surface area contributed by atoms with Crippen LogP contribution in [0.4, 0.5) is 5.69 Å². The Bertz CT molecular complexity index is 469. The average molecular weight is 293 g/mol. The number of methoxy groups -OCH3 is 1. The summed E-state index contributed by atoms with van der Waals surface area (Å²) in [6, 6.07) is 5.68. The van der Waals surface area contributed by atoms with Gasteiger partial charge in [-0.15, -0.1) is 0 Å². The highest BCUT2D eigenvalue weighted by atomic mass is 16.5. The van der Waals surface area contributed by atoms with E-state index >= 15 is 0 Å². The van der Waals surface area contributed by atoms with E-state index in [0.717, 1.165) is 25.0 Å². The van der Waals surface area contributed by atoms with E-state index in [1.54, 1.807) is 7.11 Å². The lowest BCUT2D eigenvalue weighted by Crippen LogP contribution is -2.18. The van der Waals surface area contributed by atoms with Gasteiger partial charge in [-0.05, 0) is 37.5 Å². The summed E-state index contributed by atoms with van der Waals surface area (Å²) in [4.78, 5) is 11.9. The van der Waals surface area contributed by atoms with Gasteiger partial charge < -0.3 is 19.5 Å². The van der Waals surface area contributed by atoms with Crippen molar-refractivity contribution in [2.75, 3.05) is 32.2 Å². The summed E-state index contributed by atoms with van der Waals surface area (Å²) in [5, 5.41) is 2.86. The Kier molecular flexibility index (Phi) is 6.02. The van der Waals surface area contributed by atoms with Crippen molar-refractivity contribution < 1.29 is 19.0 Å². The first-order valence-electron chi connectivity index (χ1n) is 7.33. The van der Waals surface area contributed by atoms with Crippen LogP contribution in [-0.4, -0.2) is 38.9 Å². The van der Waals surface area contributed by atoms with E-state index in [-0.39, 0.29) is 12.0 Å². The zero-order valence-corrected chi connectivity index (χ0v) is 12.7. The highest BCUT2D eigenvalue weighted by Crippen LogP contribution is 2.25. The number of hydrogen-bond acceptors (Lipinski definition) is 4. The predicted octanol–water partition coefficient (Wildman–Crippen LogP) is 2.53. The van der Waals surface area contributed by atoms with Gasteiger partial charge in [0.25, 0.3) is 0 Å². The van der Waals surface area contributed by atoms with E-state index in [9.17, 15) is 4.79 Å². The number of benzene rings is 1. The van der Waals surface area contributed by atoms with Crippen LogP contribution in [0.3, 0.4) is 0 Å². The molecule has 1 aromatic rings. The van der Waals surface area contributed by atoms with E-state index < -0.39 is 0 Å². The maximum atomic E-state index is 11.9. The van der Waals surface area contributed by atoms with Crippen LogP contribution in [0.25, 0.3) is 0 Å². The van der Waals surface area contributed by atoms with Crippen molar-refractivity contribution in [1.82, 2.24) is 0 Å². The SMILES string of the molecule is COc1ccc(C)cc1NC(=O)CCOC[C@H]1CCCO1. The summed E-state index contributed by atoms with van der Waals surface area (Å²) in [6.45, 7) is 3.77. The van der Waals surface area contributed by atoms with E-state index in [1.807, 2.05) is 25.1 Å². The Balaban J connectivity index is 1.72. The summed E-state index contributed by atoms with van der Waals surface area (Å²) in [7, 11) is 1.59. The third-order valence-electron chi connectivity index (χ3n) is 3.43. The number of anilines is 1. The summed E-state index contributed by atoms with van der Waals surface area (Å²) < 4.78 is 16.2. The molecule has 1 atom stereocenters. The number of hydrogen-bond donors (Lipinski definition) is 1.